The van der Waals surface area contributed by atoms with E-state index < -0.39 is 15.7 Å². The number of fused-ring (bicyclic) bond motifs is 3. The second-order valence-corrected chi connectivity index (χ2v) is 9.21. The molecule has 3 aromatic carbocycles. The number of hydrogen-bond donors (Lipinski definition) is 1. The Labute approximate surface area is 169 Å². The Morgan fingerprint density at radius 1 is 1.07 bits per heavy atom. The number of aryl methyl sites for hydroxylation is 1. The third kappa shape index (κ3) is 3.40. The average Bonchev–Trinajstić information content (AvgIpc) is 3.00. The van der Waals surface area contributed by atoms with Crippen molar-refractivity contribution >= 4 is 37.6 Å². The van der Waals surface area contributed by atoms with Gasteiger partial charge in [0.2, 0.25) is 5.91 Å². The van der Waals surface area contributed by atoms with Crippen molar-refractivity contribution in [2.24, 2.45) is 5.73 Å². The molecule has 0 saturated carbocycles. The molecule has 6 heteroatoms. The zero-order valence-electron chi connectivity index (χ0n) is 16.3. The number of carbonyl (C=O) groups is 1. The third-order valence-corrected chi connectivity index (χ3v) is 6.31. The van der Waals surface area contributed by atoms with Gasteiger partial charge in [-0.15, -0.1) is 0 Å². The Kier molecular flexibility index (Phi) is 4.67. The third-order valence-electron chi connectivity index (χ3n) is 5.20. The zero-order chi connectivity index (χ0) is 20.8. The van der Waals surface area contributed by atoms with Gasteiger partial charge in [-0.1, -0.05) is 31.2 Å². The number of benzene rings is 3. The number of carbonyl (C=O) groups excluding carboxylic acids is 1. The SMILES string of the molecule is CCc1c[c]c2c3c(C(N)=O)cccc3n(Cc3cccc(S(C)(=O)=O)c3)c2c1. The van der Waals surface area contributed by atoms with Crippen molar-refractivity contribution in [1.29, 1.82) is 0 Å². The van der Waals surface area contributed by atoms with Crippen molar-refractivity contribution in [3.63, 3.8) is 0 Å². The van der Waals surface area contributed by atoms with E-state index >= 15 is 0 Å². The average molecular weight is 405 g/mol. The maximum atomic E-state index is 12.0. The predicted molar refractivity (Wildman–Crippen MR) is 115 cm³/mol. The lowest BCUT2D eigenvalue weighted by Gasteiger charge is -2.10. The molecule has 147 valence electrons. The van der Waals surface area contributed by atoms with Crippen LogP contribution in [0.25, 0.3) is 21.8 Å². The van der Waals surface area contributed by atoms with Crippen LogP contribution >= 0.6 is 0 Å². The number of sulfone groups is 1. The molecule has 0 spiro atoms. The summed E-state index contributed by atoms with van der Waals surface area (Å²) in [7, 11) is -3.29. The van der Waals surface area contributed by atoms with Crippen LogP contribution in [-0.2, 0) is 22.8 Å². The highest BCUT2D eigenvalue weighted by molar-refractivity contribution is 7.90. The Hall–Kier alpha value is -3.12. The Balaban J connectivity index is 2.00. The molecule has 1 radical (unpaired) electrons. The molecule has 2 N–H and O–H groups in total. The van der Waals surface area contributed by atoms with Crippen LogP contribution in [0.1, 0.15) is 28.4 Å². The first-order valence-corrected chi connectivity index (χ1v) is 11.2. The molecule has 0 aliphatic heterocycles. The van der Waals surface area contributed by atoms with E-state index in [1.54, 1.807) is 24.3 Å². The molecule has 0 saturated heterocycles. The highest BCUT2D eigenvalue weighted by atomic mass is 32.2. The summed E-state index contributed by atoms with van der Waals surface area (Å²) in [5.74, 6) is -0.485. The van der Waals surface area contributed by atoms with E-state index in [0.29, 0.717) is 12.1 Å². The summed E-state index contributed by atoms with van der Waals surface area (Å²) in [6.07, 6.45) is 2.06. The number of nitrogens with two attached hydrogens (primary N) is 1. The van der Waals surface area contributed by atoms with Gasteiger partial charge in [0.15, 0.2) is 9.84 Å². The molecule has 5 nitrogen and oxygen atoms in total. The molecule has 0 unspecified atom stereocenters. The van der Waals surface area contributed by atoms with Crippen molar-refractivity contribution in [1.82, 2.24) is 4.57 Å². The fraction of sp³-hybridized carbons (Fsp3) is 0.174. The monoisotopic (exact) mass is 405 g/mol. The lowest BCUT2D eigenvalue weighted by atomic mass is 10.0. The molecular formula is C23H21N2O3S. The van der Waals surface area contributed by atoms with Gasteiger partial charge in [0.1, 0.15) is 0 Å². The predicted octanol–water partition coefficient (Wildman–Crippen LogP) is 3.71. The largest absolute Gasteiger partial charge is 0.366 e. The van der Waals surface area contributed by atoms with Gasteiger partial charge in [0.25, 0.3) is 0 Å². The summed E-state index contributed by atoms with van der Waals surface area (Å²) in [6, 6.07) is 19.8. The molecule has 29 heavy (non-hydrogen) atoms. The minimum Gasteiger partial charge on any atom is -0.366 e. The molecule has 1 heterocycles. The van der Waals surface area contributed by atoms with Gasteiger partial charge in [0, 0.05) is 29.1 Å². The van der Waals surface area contributed by atoms with Gasteiger partial charge in [0.05, 0.1) is 15.9 Å². The van der Waals surface area contributed by atoms with Crippen LogP contribution in [0, 0.1) is 6.07 Å². The highest BCUT2D eigenvalue weighted by Gasteiger charge is 2.17. The van der Waals surface area contributed by atoms with Gasteiger partial charge >= 0.3 is 0 Å². The zero-order valence-corrected chi connectivity index (χ0v) is 17.1. The van der Waals surface area contributed by atoms with Gasteiger partial charge in [-0.3, -0.25) is 4.79 Å². The fourth-order valence-corrected chi connectivity index (χ4v) is 4.43. The van der Waals surface area contributed by atoms with Crippen LogP contribution in [0.3, 0.4) is 0 Å². The van der Waals surface area contributed by atoms with Crippen LogP contribution in [0.5, 0.6) is 0 Å². The van der Waals surface area contributed by atoms with E-state index in [1.165, 1.54) is 6.26 Å². The van der Waals surface area contributed by atoms with Crippen LogP contribution in [0.15, 0.2) is 59.5 Å². The van der Waals surface area contributed by atoms with E-state index in [9.17, 15) is 13.2 Å². The smallest absolute Gasteiger partial charge is 0.249 e. The highest BCUT2D eigenvalue weighted by Crippen LogP contribution is 2.33. The van der Waals surface area contributed by atoms with Crippen LogP contribution in [0.4, 0.5) is 0 Å². The number of rotatable bonds is 5. The molecular weight excluding hydrogens is 384 g/mol. The van der Waals surface area contributed by atoms with Gasteiger partial charge in [-0.05, 0) is 53.9 Å². The number of nitrogens with zero attached hydrogens (tertiary/aromatic N) is 1. The second kappa shape index (κ2) is 7.04. The number of hydrogen-bond acceptors (Lipinski definition) is 3. The summed E-state index contributed by atoms with van der Waals surface area (Å²) >= 11 is 0. The first-order chi connectivity index (χ1) is 13.8. The molecule has 0 aliphatic carbocycles. The van der Waals surface area contributed by atoms with E-state index in [4.69, 9.17) is 5.73 Å². The molecule has 1 amide bonds. The maximum absolute atomic E-state index is 12.0. The minimum atomic E-state index is -3.29. The van der Waals surface area contributed by atoms with Crippen LogP contribution in [0.2, 0.25) is 0 Å². The second-order valence-electron chi connectivity index (χ2n) is 7.19. The molecule has 4 aromatic rings. The van der Waals surface area contributed by atoms with Crippen molar-refractivity contribution < 1.29 is 13.2 Å². The molecule has 0 fully saturated rings. The summed E-state index contributed by atoms with van der Waals surface area (Å²) < 4.78 is 26.0. The number of primary amides is 1. The molecule has 0 aliphatic rings. The van der Waals surface area contributed by atoms with Crippen LogP contribution in [-0.4, -0.2) is 25.1 Å². The normalized spacial score (nSPS) is 11.9. The fourth-order valence-electron chi connectivity index (χ4n) is 3.74. The Morgan fingerprint density at radius 3 is 2.52 bits per heavy atom. The maximum Gasteiger partial charge on any atom is 0.249 e. The topological polar surface area (TPSA) is 82.2 Å². The van der Waals surface area contributed by atoms with Crippen molar-refractivity contribution in [3.8, 4) is 0 Å². The molecule has 1 aromatic heterocycles. The number of aromatic nitrogens is 1. The minimum absolute atomic E-state index is 0.286. The van der Waals surface area contributed by atoms with Gasteiger partial charge in [-0.25, -0.2) is 8.42 Å². The molecule has 0 bridgehead atoms. The van der Waals surface area contributed by atoms with E-state index in [-0.39, 0.29) is 4.90 Å². The van der Waals surface area contributed by atoms with E-state index in [2.05, 4.69) is 23.6 Å². The van der Waals surface area contributed by atoms with Gasteiger partial charge < -0.3 is 10.3 Å². The van der Waals surface area contributed by atoms with E-state index in [1.807, 2.05) is 24.3 Å². The quantitative estimate of drug-likeness (QED) is 0.549. The molecule has 4 rings (SSSR count). The Morgan fingerprint density at radius 2 is 1.83 bits per heavy atom. The van der Waals surface area contributed by atoms with E-state index in [0.717, 1.165) is 39.4 Å². The van der Waals surface area contributed by atoms with Gasteiger partial charge in [-0.2, -0.15) is 0 Å². The Bertz CT molecular complexity index is 1370. The lowest BCUT2D eigenvalue weighted by Crippen LogP contribution is -2.11. The van der Waals surface area contributed by atoms with Crippen molar-refractivity contribution in [2.45, 2.75) is 24.8 Å². The summed E-state index contributed by atoms with van der Waals surface area (Å²) in [6.45, 7) is 2.54. The first kappa shape index (κ1) is 19.2. The standard InChI is InChI=1S/C23H21N2O3S/c1-3-15-10-11-18-21(13-15)25(20-9-5-8-19(22(18)20)23(24)26)14-16-6-4-7-17(12-16)29(2,27)28/h4-10,12-13H,3,14H2,1-2H3,(H2,24,26). The summed E-state index contributed by atoms with van der Waals surface area (Å²) in [4.78, 5) is 12.3. The number of amides is 1. The van der Waals surface area contributed by atoms with Crippen molar-refractivity contribution in [3.05, 3.63) is 77.4 Å². The van der Waals surface area contributed by atoms with Crippen LogP contribution < -0.4 is 5.73 Å². The molecule has 0 atom stereocenters. The summed E-state index contributed by atoms with van der Waals surface area (Å²) in [5.41, 5.74) is 9.88. The van der Waals surface area contributed by atoms with Crippen molar-refractivity contribution in [2.75, 3.05) is 6.26 Å². The lowest BCUT2D eigenvalue weighted by molar-refractivity contribution is 0.100. The first-order valence-electron chi connectivity index (χ1n) is 9.34. The summed E-state index contributed by atoms with van der Waals surface area (Å²) in [5, 5.41) is 1.61.